The lowest BCUT2D eigenvalue weighted by Crippen LogP contribution is -2.42. The van der Waals surface area contributed by atoms with Crippen LogP contribution in [0.15, 0.2) is 51.7 Å². The summed E-state index contributed by atoms with van der Waals surface area (Å²) < 4.78 is 29.3. The average Bonchev–Trinajstić information content (AvgIpc) is 2.77. The van der Waals surface area contributed by atoms with Gasteiger partial charge in [-0.3, -0.25) is 9.59 Å². The van der Waals surface area contributed by atoms with Crippen LogP contribution in [0.2, 0.25) is 0 Å². The summed E-state index contributed by atoms with van der Waals surface area (Å²) in [5.74, 6) is -2.04. The Labute approximate surface area is 191 Å². The number of amides is 1. The zero-order chi connectivity index (χ0) is 24.3. The minimum absolute atomic E-state index is 0.0984. The number of fused-ring (bicyclic) bond motifs is 1. The summed E-state index contributed by atoms with van der Waals surface area (Å²) in [6, 6.07) is 9.92. The molecule has 33 heavy (non-hydrogen) atoms. The number of carbonyl (C=O) groups excluding carboxylic acids is 1. The van der Waals surface area contributed by atoms with Gasteiger partial charge in [-0.1, -0.05) is 25.1 Å². The maximum absolute atomic E-state index is 12.6. The Kier molecular flexibility index (Phi) is 7.02. The molecular weight excluding hydrogens is 446 g/mol. The summed E-state index contributed by atoms with van der Waals surface area (Å²) in [6.45, 7) is 5.24. The molecule has 9 heteroatoms. The lowest BCUT2D eigenvalue weighted by molar-refractivity contribution is -0.139. The third-order valence-electron chi connectivity index (χ3n) is 5.35. The normalized spacial score (nSPS) is 12.5. The van der Waals surface area contributed by atoms with E-state index >= 15 is 0 Å². The second kappa shape index (κ2) is 9.58. The lowest BCUT2D eigenvalue weighted by Gasteiger charge is -2.14. The maximum atomic E-state index is 12.6. The first-order valence-electron chi connectivity index (χ1n) is 10.4. The zero-order valence-corrected chi connectivity index (χ0v) is 19.4. The molecule has 0 aliphatic rings. The van der Waals surface area contributed by atoms with E-state index in [0.717, 1.165) is 11.1 Å². The molecule has 174 valence electrons. The van der Waals surface area contributed by atoms with Gasteiger partial charge in [-0.2, -0.15) is 0 Å². The highest BCUT2D eigenvalue weighted by Crippen LogP contribution is 2.25. The largest absolute Gasteiger partial charge is 0.480 e. The molecular formula is C24H25NO7S. The minimum atomic E-state index is -3.36. The Hall–Kier alpha value is -3.46. The molecule has 8 nitrogen and oxygen atoms in total. The van der Waals surface area contributed by atoms with Crippen molar-refractivity contribution in [2.24, 2.45) is 0 Å². The first kappa shape index (κ1) is 24.2. The van der Waals surface area contributed by atoms with E-state index in [4.69, 9.17) is 4.42 Å². The molecule has 0 fully saturated rings. The molecule has 0 saturated heterocycles. The van der Waals surface area contributed by atoms with Crippen LogP contribution in [0, 0.1) is 13.8 Å². The van der Waals surface area contributed by atoms with Crippen LogP contribution in [0.4, 0.5) is 0 Å². The quantitative estimate of drug-likeness (QED) is 0.516. The van der Waals surface area contributed by atoms with E-state index in [9.17, 15) is 27.9 Å². The Morgan fingerprint density at radius 2 is 1.76 bits per heavy atom. The topological polar surface area (TPSA) is 131 Å². The SMILES string of the molecule is CCS(=O)(=O)CCC(NC(=O)c1ccc(-c2cc(=O)c3cc(C)cc(C)c3o2)cc1)C(=O)O. The highest BCUT2D eigenvalue weighted by Gasteiger charge is 2.23. The maximum Gasteiger partial charge on any atom is 0.326 e. The third kappa shape index (κ3) is 5.67. The number of aryl methyl sites for hydroxylation is 2. The molecule has 1 unspecified atom stereocenters. The number of benzene rings is 2. The number of rotatable bonds is 8. The molecule has 2 N–H and O–H groups in total. The molecule has 1 atom stereocenters. The van der Waals surface area contributed by atoms with E-state index < -0.39 is 27.8 Å². The van der Waals surface area contributed by atoms with Crippen molar-refractivity contribution < 1.29 is 27.5 Å². The Morgan fingerprint density at radius 3 is 2.36 bits per heavy atom. The third-order valence-corrected chi connectivity index (χ3v) is 7.09. The second-order valence-electron chi connectivity index (χ2n) is 7.90. The summed E-state index contributed by atoms with van der Waals surface area (Å²) in [4.78, 5) is 36.5. The van der Waals surface area contributed by atoms with Gasteiger partial charge in [-0.15, -0.1) is 0 Å². The van der Waals surface area contributed by atoms with Gasteiger partial charge in [0.15, 0.2) is 5.43 Å². The first-order chi connectivity index (χ1) is 15.5. The van der Waals surface area contributed by atoms with Crippen molar-refractivity contribution in [2.75, 3.05) is 11.5 Å². The highest BCUT2D eigenvalue weighted by atomic mass is 32.2. The van der Waals surface area contributed by atoms with E-state index in [1.165, 1.54) is 25.1 Å². The van der Waals surface area contributed by atoms with Gasteiger partial charge in [0, 0.05) is 22.9 Å². The second-order valence-corrected chi connectivity index (χ2v) is 10.4. The van der Waals surface area contributed by atoms with Gasteiger partial charge in [-0.25, -0.2) is 13.2 Å². The van der Waals surface area contributed by atoms with Gasteiger partial charge in [0.05, 0.1) is 11.1 Å². The van der Waals surface area contributed by atoms with Crippen molar-refractivity contribution in [3.05, 3.63) is 69.4 Å². The number of hydrogen-bond acceptors (Lipinski definition) is 6. The predicted octanol–water partition coefficient (Wildman–Crippen LogP) is 3.08. The standard InChI is InChI=1S/C24H25NO7S/c1-4-33(30,31)10-9-19(24(28)29)25-23(27)17-7-5-16(6-8-17)21-13-20(26)18-12-14(2)11-15(3)22(18)32-21/h5-8,11-13,19H,4,9-10H2,1-3H3,(H,25,27)(H,28,29). The van der Waals surface area contributed by atoms with Crippen LogP contribution in [0.3, 0.4) is 0 Å². The van der Waals surface area contributed by atoms with Crippen LogP contribution >= 0.6 is 0 Å². The highest BCUT2D eigenvalue weighted by molar-refractivity contribution is 7.91. The van der Waals surface area contributed by atoms with Gasteiger partial charge in [-0.05, 0) is 49.6 Å². The van der Waals surface area contributed by atoms with E-state index in [-0.39, 0.29) is 28.9 Å². The van der Waals surface area contributed by atoms with Crippen molar-refractivity contribution in [1.29, 1.82) is 0 Å². The van der Waals surface area contributed by atoms with Crippen molar-refractivity contribution in [3.63, 3.8) is 0 Å². The van der Waals surface area contributed by atoms with Crippen LogP contribution in [0.1, 0.15) is 34.8 Å². The minimum Gasteiger partial charge on any atom is -0.480 e. The molecule has 1 amide bonds. The molecule has 0 saturated carbocycles. The fraction of sp³-hybridized carbons (Fsp3) is 0.292. The number of carbonyl (C=O) groups is 2. The van der Waals surface area contributed by atoms with E-state index in [0.29, 0.717) is 22.3 Å². The average molecular weight is 472 g/mol. The van der Waals surface area contributed by atoms with Crippen molar-refractivity contribution in [2.45, 2.75) is 33.2 Å². The smallest absolute Gasteiger partial charge is 0.326 e. The number of nitrogens with one attached hydrogen (secondary N) is 1. The fourth-order valence-corrected chi connectivity index (χ4v) is 4.36. The molecule has 3 aromatic rings. The Bertz CT molecular complexity index is 1370. The van der Waals surface area contributed by atoms with Crippen molar-refractivity contribution >= 4 is 32.7 Å². The van der Waals surface area contributed by atoms with Crippen LogP contribution in [0.25, 0.3) is 22.3 Å². The molecule has 1 heterocycles. The Balaban J connectivity index is 1.81. The summed E-state index contributed by atoms with van der Waals surface area (Å²) in [5, 5.41) is 12.2. The molecule has 0 spiro atoms. The molecule has 1 aromatic heterocycles. The summed E-state index contributed by atoms with van der Waals surface area (Å²) >= 11 is 0. The molecule has 0 radical (unpaired) electrons. The summed E-state index contributed by atoms with van der Waals surface area (Å²) in [7, 11) is -3.36. The molecule has 3 rings (SSSR count). The van der Waals surface area contributed by atoms with Crippen LogP contribution < -0.4 is 10.7 Å². The van der Waals surface area contributed by atoms with Crippen LogP contribution in [-0.4, -0.2) is 42.9 Å². The first-order valence-corrected chi connectivity index (χ1v) is 12.2. The van der Waals surface area contributed by atoms with E-state index in [1.54, 1.807) is 18.2 Å². The van der Waals surface area contributed by atoms with Crippen LogP contribution in [0.5, 0.6) is 0 Å². The van der Waals surface area contributed by atoms with E-state index in [1.807, 2.05) is 19.9 Å². The number of carboxylic acids is 1. The van der Waals surface area contributed by atoms with Crippen molar-refractivity contribution in [1.82, 2.24) is 5.32 Å². The number of sulfone groups is 1. The molecule has 0 aliphatic carbocycles. The molecule has 2 aromatic carbocycles. The van der Waals surface area contributed by atoms with Crippen LogP contribution in [-0.2, 0) is 14.6 Å². The molecule has 0 aliphatic heterocycles. The van der Waals surface area contributed by atoms with Gasteiger partial charge in [0.25, 0.3) is 5.91 Å². The Morgan fingerprint density at radius 1 is 1.09 bits per heavy atom. The predicted molar refractivity (Wildman–Crippen MR) is 125 cm³/mol. The summed E-state index contributed by atoms with van der Waals surface area (Å²) in [5.41, 5.74) is 2.89. The van der Waals surface area contributed by atoms with Gasteiger partial charge in [0.1, 0.15) is 27.2 Å². The summed E-state index contributed by atoms with van der Waals surface area (Å²) in [6.07, 6.45) is -0.226. The number of hydrogen-bond donors (Lipinski definition) is 2. The van der Waals surface area contributed by atoms with Gasteiger partial charge >= 0.3 is 5.97 Å². The molecule has 0 bridgehead atoms. The zero-order valence-electron chi connectivity index (χ0n) is 18.5. The monoisotopic (exact) mass is 471 g/mol. The van der Waals surface area contributed by atoms with E-state index in [2.05, 4.69) is 5.32 Å². The lowest BCUT2D eigenvalue weighted by atomic mass is 10.1. The van der Waals surface area contributed by atoms with Gasteiger partial charge in [0.2, 0.25) is 0 Å². The number of carboxylic acid groups (broad SMARTS) is 1. The van der Waals surface area contributed by atoms with Crippen molar-refractivity contribution in [3.8, 4) is 11.3 Å². The fourth-order valence-electron chi connectivity index (χ4n) is 3.48. The number of aliphatic carboxylic acids is 1. The van der Waals surface area contributed by atoms with Gasteiger partial charge < -0.3 is 14.8 Å².